The van der Waals surface area contributed by atoms with Crippen LogP contribution in [0.15, 0.2) is 58.2 Å². The highest BCUT2D eigenvalue weighted by molar-refractivity contribution is 5.67. The van der Waals surface area contributed by atoms with Gasteiger partial charge in [0.1, 0.15) is 6.29 Å². The molecule has 0 radical (unpaired) electrons. The van der Waals surface area contributed by atoms with Gasteiger partial charge >= 0.3 is 0 Å². The topological polar surface area (TPSA) is 17.1 Å². The van der Waals surface area contributed by atoms with Crippen LogP contribution < -0.4 is 0 Å². The predicted octanol–water partition coefficient (Wildman–Crippen LogP) is 6.50. The SMILES string of the molecule is CCC(C=CC(C)=CC=O)=C(C)C=CC1=C(C)CCCC1(C)C. The third kappa shape index (κ3) is 5.82. The van der Waals surface area contributed by atoms with Gasteiger partial charge < -0.3 is 0 Å². The number of carbonyl (C=O) groups excluding carboxylic acids is 1. The standard InChI is InChI=1S/C22H32O/c1-7-20(12-10-17(2)14-16-23)18(3)11-13-21-19(4)9-8-15-22(21,5)6/h10-14,16H,7-9,15H2,1-6H3. The van der Waals surface area contributed by atoms with Gasteiger partial charge in [0.15, 0.2) is 0 Å². The first-order valence-corrected chi connectivity index (χ1v) is 8.70. The summed E-state index contributed by atoms with van der Waals surface area (Å²) in [6.07, 6.45) is 15.9. The molecule has 0 fully saturated rings. The quantitative estimate of drug-likeness (QED) is 0.311. The van der Waals surface area contributed by atoms with Gasteiger partial charge in [0.05, 0.1) is 0 Å². The molecule has 0 atom stereocenters. The van der Waals surface area contributed by atoms with Crippen LogP contribution in [0.1, 0.15) is 67.2 Å². The Hall–Kier alpha value is -1.63. The van der Waals surface area contributed by atoms with Crippen molar-refractivity contribution >= 4 is 6.29 Å². The molecule has 0 aromatic rings. The molecule has 0 aliphatic heterocycles. The normalized spacial score (nSPS) is 20.3. The van der Waals surface area contributed by atoms with Crippen LogP contribution in [0, 0.1) is 5.41 Å². The highest BCUT2D eigenvalue weighted by atomic mass is 16.1. The van der Waals surface area contributed by atoms with Crippen molar-refractivity contribution in [3.05, 3.63) is 58.2 Å². The van der Waals surface area contributed by atoms with Gasteiger partial charge in [-0.3, -0.25) is 4.79 Å². The molecule has 0 unspecified atom stereocenters. The molecule has 23 heavy (non-hydrogen) atoms. The van der Waals surface area contributed by atoms with Crippen molar-refractivity contribution in [2.24, 2.45) is 5.41 Å². The molecule has 1 heteroatoms. The average molecular weight is 312 g/mol. The molecule has 1 rings (SSSR count). The van der Waals surface area contributed by atoms with Crippen LogP contribution in [0.3, 0.4) is 0 Å². The lowest BCUT2D eigenvalue weighted by Crippen LogP contribution is -2.19. The van der Waals surface area contributed by atoms with E-state index in [2.05, 4.69) is 52.8 Å². The van der Waals surface area contributed by atoms with Gasteiger partial charge in [0.25, 0.3) is 0 Å². The molecule has 0 spiro atoms. The van der Waals surface area contributed by atoms with Crippen LogP contribution in [0.4, 0.5) is 0 Å². The fourth-order valence-electron chi connectivity index (χ4n) is 3.25. The monoisotopic (exact) mass is 312 g/mol. The summed E-state index contributed by atoms with van der Waals surface area (Å²) in [6, 6.07) is 0. The van der Waals surface area contributed by atoms with Crippen molar-refractivity contribution in [2.75, 3.05) is 0 Å². The Morgan fingerprint density at radius 2 is 1.87 bits per heavy atom. The Morgan fingerprint density at radius 1 is 1.17 bits per heavy atom. The van der Waals surface area contributed by atoms with Crippen molar-refractivity contribution in [3.8, 4) is 0 Å². The minimum absolute atomic E-state index is 0.282. The van der Waals surface area contributed by atoms with Crippen molar-refractivity contribution in [1.29, 1.82) is 0 Å². The van der Waals surface area contributed by atoms with Crippen molar-refractivity contribution < 1.29 is 4.79 Å². The lowest BCUT2D eigenvalue weighted by molar-refractivity contribution is -0.104. The molecule has 0 saturated carbocycles. The zero-order chi connectivity index (χ0) is 17.5. The number of aldehydes is 1. The Labute approximate surface area is 142 Å². The number of allylic oxidation sites excluding steroid dienone is 10. The molecule has 0 aromatic carbocycles. The third-order valence-electron chi connectivity index (χ3n) is 4.81. The molecule has 0 amide bonds. The first-order chi connectivity index (χ1) is 10.8. The Bertz CT molecular complexity index is 577. The van der Waals surface area contributed by atoms with Crippen molar-refractivity contribution in [1.82, 2.24) is 0 Å². The molecule has 0 N–H and O–H groups in total. The second-order valence-electron chi connectivity index (χ2n) is 7.21. The van der Waals surface area contributed by atoms with Gasteiger partial charge in [-0.2, -0.15) is 0 Å². The number of hydrogen-bond donors (Lipinski definition) is 0. The van der Waals surface area contributed by atoms with Gasteiger partial charge in [-0.15, -0.1) is 0 Å². The zero-order valence-corrected chi connectivity index (χ0v) is 15.7. The summed E-state index contributed by atoms with van der Waals surface area (Å²) >= 11 is 0. The van der Waals surface area contributed by atoms with Crippen LogP contribution in [-0.4, -0.2) is 6.29 Å². The van der Waals surface area contributed by atoms with E-state index < -0.39 is 0 Å². The van der Waals surface area contributed by atoms with Crippen LogP contribution in [-0.2, 0) is 4.79 Å². The van der Waals surface area contributed by atoms with Gasteiger partial charge in [0.2, 0.25) is 0 Å². The van der Waals surface area contributed by atoms with E-state index in [-0.39, 0.29) is 5.41 Å². The smallest absolute Gasteiger partial charge is 0.143 e. The molecular formula is C22H32O. The maximum absolute atomic E-state index is 10.5. The lowest BCUT2D eigenvalue weighted by Gasteiger charge is -2.33. The van der Waals surface area contributed by atoms with E-state index in [1.165, 1.54) is 41.6 Å². The maximum atomic E-state index is 10.5. The first-order valence-electron chi connectivity index (χ1n) is 8.70. The van der Waals surface area contributed by atoms with E-state index in [1.54, 1.807) is 6.08 Å². The second-order valence-corrected chi connectivity index (χ2v) is 7.21. The minimum atomic E-state index is 0.282. The molecule has 0 aromatic heterocycles. The van der Waals surface area contributed by atoms with Gasteiger partial charge in [-0.1, -0.05) is 50.6 Å². The Morgan fingerprint density at radius 3 is 2.43 bits per heavy atom. The highest BCUT2D eigenvalue weighted by Crippen LogP contribution is 2.40. The van der Waals surface area contributed by atoms with Gasteiger partial charge in [-0.25, -0.2) is 0 Å². The van der Waals surface area contributed by atoms with E-state index in [0.717, 1.165) is 18.3 Å². The highest BCUT2D eigenvalue weighted by Gasteiger charge is 2.26. The van der Waals surface area contributed by atoms with E-state index in [1.807, 2.05) is 13.0 Å². The third-order valence-corrected chi connectivity index (χ3v) is 4.81. The number of rotatable bonds is 6. The molecule has 1 aliphatic rings. The Balaban J connectivity index is 3.04. The molecule has 1 nitrogen and oxygen atoms in total. The summed E-state index contributed by atoms with van der Waals surface area (Å²) in [4.78, 5) is 10.5. The summed E-state index contributed by atoms with van der Waals surface area (Å²) in [5, 5.41) is 0. The average Bonchev–Trinajstić information content (AvgIpc) is 2.47. The van der Waals surface area contributed by atoms with E-state index in [9.17, 15) is 4.79 Å². The summed E-state index contributed by atoms with van der Waals surface area (Å²) in [7, 11) is 0. The summed E-state index contributed by atoms with van der Waals surface area (Å²) in [5.74, 6) is 0. The molecular weight excluding hydrogens is 280 g/mol. The predicted molar refractivity (Wildman–Crippen MR) is 101 cm³/mol. The molecule has 126 valence electrons. The first kappa shape index (κ1) is 19.4. The largest absolute Gasteiger partial charge is 0.299 e. The van der Waals surface area contributed by atoms with E-state index in [0.29, 0.717) is 0 Å². The Kier molecular flexibility index (Phi) is 7.48. The van der Waals surface area contributed by atoms with Crippen LogP contribution in [0.25, 0.3) is 0 Å². The maximum Gasteiger partial charge on any atom is 0.143 e. The summed E-state index contributed by atoms with van der Waals surface area (Å²) in [5.41, 5.74) is 6.90. The summed E-state index contributed by atoms with van der Waals surface area (Å²) in [6.45, 7) is 13.3. The fourth-order valence-corrected chi connectivity index (χ4v) is 3.25. The minimum Gasteiger partial charge on any atom is -0.299 e. The fraction of sp³-hybridized carbons (Fsp3) is 0.500. The van der Waals surface area contributed by atoms with Crippen LogP contribution in [0.2, 0.25) is 0 Å². The number of carbonyl (C=O) groups is 1. The van der Waals surface area contributed by atoms with Gasteiger partial charge in [0, 0.05) is 0 Å². The summed E-state index contributed by atoms with van der Waals surface area (Å²) < 4.78 is 0. The second kappa shape index (κ2) is 8.86. The molecule has 0 saturated heterocycles. The van der Waals surface area contributed by atoms with E-state index >= 15 is 0 Å². The zero-order valence-electron chi connectivity index (χ0n) is 15.7. The van der Waals surface area contributed by atoms with Crippen molar-refractivity contribution in [3.63, 3.8) is 0 Å². The van der Waals surface area contributed by atoms with Crippen LogP contribution >= 0.6 is 0 Å². The van der Waals surface area contributed by atoms with Gasteiger partial charge in [-0.05, 0) is 80.2 Å². The molecule has 0 bridgehead atoms. The van der Waals surface area contributed by atoms with E-state index in [4.69, 9.17) is 0 Å². The lowest BCUT2D eigenvalue weighted by atomic mass is 9.72. The van der Waals surface area contributed by atoms with Crippen molar-refractivity contribution in [2.45, 2.75) is 67.2 Å². The molecule has 0 heterocycles. The van der Waals surface area contributed by atoms with Crippen LogP contribution in [0.5, 0.6) is 0 Å². The number of hydrogen-bond acceptors (Lipinski definition) is 1. The molecule has 1 aliphatic carbocycles.